The van der Waals surface area contributed by atoms with Crippen molar-refractivity contribution in [2.75, 3.05) is 16.3 Å². The Morgan fingerprint density at radius 3 is 2.59 bits per heavy atom. The molecule has 4 amide bonds. The van der Waals surface area contributed by atoms with E-state index in [1.807, 2.05) is 6.92 Å². The zero-order chi connectivity index (χ0) is 24.8. The van der Waals surface area contributed by atoms with Gasteiger partial charge in [0.2, 0.25) is 0 Å². The molecule has 178 valence electrons. The number of imide groups is 2. The number of anilines is 2. The molecule has 4 rings (SSSR count). The number of aryl methyl sites for hydroxylation is 1. The molecule has 2 heterocycles. The molecule has 1 atom stereocenters. The average Bonchev–Trinajstić information content (AvgIpc) is 2.74. The molecular formula is C27H30ClN3O3. The smallest absolute Gasteiger partial charge is 0.335 e. The van der Waals surface area contributed by atoms with E-state index in [0.717, 1.165) is 35.4 Å². The molecule has 2 aliphatic rings. The van der Waals surface area contributed by atoms with Crippen molar-refractivity contribution < 1.29 is 14.4 Å². The van der Waals surface area contributed by atoms with E-state index in [1.165, 1.54) is 17.3 Å². The highest BCUT2D eigenvalue weighted by Crippen LogP contribution is 2.44. The topological polar surface area (TPSA) is 69.7 Å². The van der Waals surface area contributed by atoms with Crippen LogP contribution in [0.15, 0.2) is 42.0 Å². The number of nitrogens with one attached hydrogen (secondary N) is 1. The Labute approximate surface area is 205 Å². The van der Waals surface area contributed by atoms with Crippen LogP contribution in [0.1, 0.15) is 63.1 Å². The second-order valence-corrected chi connectivity index (χ2v) is 10.2. The second-order valence-electron chi connectivity index (χ2n) is 9.77. The fourth-order valence-electron chi connectivity index (χ4n) is 5.12. The molecule has 6 nitrogen and oxygen atoms in total. The van der Waals surface area contributed by atoms with Crippen LogP contribution >= 0.6 is 11.6 Å². The number of urea groups is 1. The van der Waals surface area contributed by atoms with Crippen molar-refractivity contribution >= 4 is 46.9 Å². The summed E-state index contributed by atoms with van der Waals surface area (Å²) in [4.78, 5) is 41.8. The highest BCUT2D eigenvalue weighted by molar-refractivity contribution is 6.39. The first-order valence-electron chi connectivity index (χ1n) is 11.6. The average molecular weight is 480 g/mol. The number of rotatable bonds is 4. The molecular weight excluding hydrogens is 450 g/mol. The predicted octanol–water partition coefficient (Wildman–Crippen LogP) is 5.82. The van der Waals surface area contributed by atoms with E-state index in [-0.39, 0.29) is 11.1 Å². The van der Waals surface area contributed by atoms with Crippen LogP contribution in [-0.2, 0) is 9.59 Å². The molecule has 2 aromatic carbocycles. The van der Waals surface area contributed by atoms with Crippen molar-refractivity contribution in [1.29, 1.82) is 0 Å². The molecule has 34 heavy (non-hydrogen) atoms. The van der Waals surface area contributed by atoms with E-state index in [2.05, 4.69) is 50.0 Å². The van der Waals surface area contributed by atoms with E-state index in [9.17, 15) is 14.4 Å². The van der Waals surface area contributed by atoms with Gasteiger partial charge in [0.25, 0.3) is 11.8 Å². The van der Waals surface area contributed by atoms with E-state index in [4.69, 9.17) is 11.6 Å². The van der Waals surface area contributed by atoms with Crippen LogP contribution in [0.2, 0.25) is 5.02 Å². The van der Waals surface area contributed by atoms with Gasteiger partial charge in [-0.25, -0.2) is 9.69 Å². The minimum Gasteiger partial charge on any atom is -0.366 e. The Morgan fingerprint density at radius 1 is 1.18 bits per heavy atom. The number of nitrogens with zero attached hydrogens (tertiary/aromatic N) is 2. The van der Waals surface area contributed by atoms with Gasteiger partial charge < -0.3 is 4.90 Å². The lowest BCUT2D eigenvalue weighted by molar-refractivity contribution is -0.122. The maximum atomic E-state index is 13.3. The van der Waals surface area contributed by atoms with Crippen molar-refractivity contribution in [3.63, 3.8) is 0 Å². The highest BCUT2D eigenvalue weighted by Gasteiger charge is 2.38. The Bertz CT molecular complexity index is 1220. The molecule has 0 bridgehead atoms. The van der Waals surface area contributed by atoms with Crippen LogP contribution in [-0.4, -0.2) is 29.9 Å². The lowest BCUT2D eigenvalue weighted by atomic mass is 9.78. The third-order valence-corrected chi connectivity index (χ3v) is 6.92. The third kappa shape index (κ3) is 4.23. The molecule has 0 aromatic heterocycles. The van der Waals surface area contributed by atoms with Crippen molar-refractivity contribution in [2.24, 2.45) is 0 Å². The maximum absolute atomic E-state index is 13.3. The number of halogens is 1. The Morgan fingerprint density at radius 2 is 1.91 bits per heavy atom. The molecule has 1 fully saturated rings. The van der Waals surface area contributed by atoms with Crippen molar-refractivity contribution in [1.82, 2.24) is 5.32 Å². The SMILES string of the molecule is CCCN1c2cc(C)c(/C=C3/C(=O)NC(=O)N(c4cccc(Cl)c4)C3=O)cc2C(C)CC1(C)C. The minimum absolute atomic E-state index is 0.0475. The van der Waals surface area contributed by atoms with Crippen molar-refractivity contribution in [2.45, 2.75) is 58.9 Å². The van der Waals surface area contributed by atoms with Gasteiger partial charge in [0.15, 0.2) is 0 Å². The van der Waals surface area contributed by atoms with Gasteiger partial charge >= 0.3 is 6.03 Å². The van der Waals surface area contributed by atoms with Crippen LogP contribution in [0, 0.1) is 6.92 Å². The zero-order valence-corrected chi connectivity index (χ0v) is 21.0. The number of benzene rings is 2. The molecule has 1 saturated heterocycles. The number of carbonyl (C=O) groups excluding carboxylic acids is 3. The predicted molar refractivity (Wildman–Crippen MR) is 136 cm³/mol. The molecule has 2 aliphatic heterocycles. The fourth-order valence-corrected chi connectivity index (χ4v) is 5.30. The number of amides is 4. The lowest BCUT2D eigenvalue weighted by Gasteiger charge is -2.48. The van der Waals surface area contributed by atoms with Gasteiger partial charge in [-0.1, -0.05) is 31.5 Å². The normalized spacial score (nSPS) is 21.1. The first-order valence-corrected chi connectivity index (χ1v) is 12.0. The van der Waals surface area contributed by atoms with Gasteiger partial charge in [-0.15, -0.1) is 0 Å². The maximum Gasteiger partial charge on any atom is 0.335 e. The largest absolute Gasteiger partial charge is 0.366 e. The number of barbiturate groups is 1. The van der Waals surface area contributed by atoms with E-state index in [0.29, 0.717) is 16.6 Å². The molecule has 7 heteroatoms. The standard InChI is InChI=1S/C27H30ClN3O3/c1-6-10-30-23-11-16(2)18(12-21(23)17(3)15-27(30,4)5)13-22-24(32)29-26(34)31(25(22)33)20-9-7-8-19(28)14-20/h7-9,11-14,17H,6,10,15H2,1-5H3,(H,29,32,34)/b22-13-. The molecule has 0 aliphatic carbocycles. The van der Waals surface area contributed by atoms with Gasteiger partial charge in [0.1, 0.15) is 5.57 Å². The quantitative estimate of drug-likeness (QED) is 0.443. The summed E-state index contributed by atoms with van der Waals surface area (Å²) in [6.45, 7) is 11.9. The molecule has 1 N–H and O–H groups in total. The van der Waals surface area contributed by atoms with Crippen LogP contribution in [0.5, 0.6) is 0 Å². The molecule has 2 aromatic rings. The van der Waals surface area contributed by atoms with E-state index < -0.39 is 17.8 Å². The summed E-state index contributed by atoms with van der Waals surface area (Å²) < 4.78 is 0. The van der Waals surface area contributed by atoms with Gasteiger partial charge in [-0.2, -0.15) is 0 Å². The van der Waals surface area contributed by atoms with Crippen molar-refractivity contribution in [3.05, 3.63) is 63.7 Å². The Balaban J connectivity index is 1.78. The zero-order valence-electron chi connectivity index (χ0n) is 20.2. The van der Waals surface area contributed by atoms with Crippen LogP contribution in [0.25, 0.3) is 6.08 Å². The summed E-state index contributed by atoms with van der Waals surface area (Å²) in [5.74, 6) is -1.04. The summed E-state index contributed by atoms with van der Waals surface area (Å²) >= 11 is 6.06. The first kappa shape index (κ1) is 24.0. The lowest BCUT2D eigenvalue weighted by Crippen LogP contribution is -2.54. The summed E-state index contributed by atoms with van der Waals surface area (Å²) in [5.41, 5.74) is 4.44. The highest BCUT2D eigenvalue weighted by atomic mass is 35.5. The van der Waals surface area contributed by atoms with Gasteiger partial charge in [0, 0.05) is 22.8 Å². The number of hydrogen-bond donors (Lipinski definition) is 1. The Kier molecular flexibility index (Phi) is 6.30. The van der Waals surface area contributed by atoms with Crippen LogP contribution in [0.4, 0.5) is 16.2 Å². The minimum atomic E-state index is -0.789. The Hall–Kier alpha value is -3.12. The molecule has 0 radical (unpaired) electrons. The molecule has 0 saturated carbocycles. The summed E-state index contributed by atoms with van der Waals surface area (Å²) in [7, 11) is 0. The molecule has 0 spiro atoms. The third-order valence-electron chi connectivity index (χ3n) is 6.69. The number of hydrogen-bond acceptors (Lipinski definition) is 4. The summed E-state index contributed by atoms with van der Waals surface area (Å²) in [6.07, 6.45) is 3.65. The number of carbonyl (C=O) groups is 3. The van der Waals surface area contributed by atoms with Crippen LogP contribution in [0.3, 0.4) is 0 Å². The van der Waals surface area contributed by atoms with Gasteiger partial charge in [0.05, 0.1) is 5.69 Å². The van der Waals surface area contributed by atoms with Gasteiger partial charge in [-0.3, -0.25) is 14.9 Å². The first-order chi connectivity index (χ1) is 16.0. The van der Waals surface area contributed by atoms with Crippen LogP contribution < -0.4 is 15.1 Å². The second kappa shape index (κ2) is 8.91. The summed E-state index contributed by atoms with van der Waals surface area (Å²) in [6, 6.07) is 9.87. The van der Waals surface area contributed by atoms with Crippen molar-refractivity contribution in [3.8, 4) is 0 Å². The summed E-state index contributed by atoms with van der Waals surface area (Å²) in [5, 5.41) is 2.67. The van der Waals surface area contributed by atoms with Gasteiger partial charge in [-0.05, 0) is 92.6 Å². The van der Waals surface area contributed by atoms with E-state index >= 15 is 0 Å². The van der Waals surface area contributed by atoms with E-state index in [1.54, 1.807) is 24.3 Å². The molecule has 1 unspecified atom stereocenters. The monoisotopic (exact) mass is 479 g/mol. The fraction of sp³-hybridized carbons (Fsp3) is 0.370. The number of fused-ring (bicyclic) bond motifs is 1.